The largest absolute Gasteiger partial charge is 0.294 e. The van der Waals surface area contributed by atoms with Gasteiger partial charge in [-0.05, 0) is 16.9 Å². The molecule has 0 N–H and O–H groups in total. The van der Waals surface area contributed by atoms with Crippen LogP contribution in [0.1, 0.15) is 49.0 Å². The fourth-order valence-corrected chi connectivity index (χ4v) is 2.21. The van der Waals surface area contributed by atoms with Crippen molar-refractivity contribution in [3.63, 3.8) is 0 Å². The molecule has 0 bridgehead atoms. The van der Waals surface area contributed by atoms with Crippen molar-refractivity contribution in [3.8, 4) is 0 Å². The number of Topliss-reactive ketones (excluding diaryl/α,β-unsaturated/α-hetero) is 1. The fourth-order valence-electron chi connectivity index (χ4n) is 2.21. The zero-order chi connectivity index (χ0) is 10.3. The summed E-state index contributed by atoms with van der Waals surface area (Å²) in [4.78, 5) is 11.8. The highest BCUT2D eigenvalue weighted by Crippen LogP contribution is 2.44. The molecular formula is C13H16O. The molecule has 0 fully saturated rings. The van der Waals surface area contributed by atoms with E-state index in [1.165, 1.54) is 5.56 Å². The number of carbonyl (C=O) groups excluding carboxylic acids is 1. The standard InChI is InChI=1S/C13H16O/c1-9-10-6-4-5-7-11(10)12(14)8-13(9,2)3/h4-7,9H,8H2,1-3H3. The van der Waals surface area contributed by atoms with Gasteiger partial charge >= 0.3 is 0 Å². The molecule has 14 heavy (non-hydrogen) atoms. The second-order valence-electron chi connectivity index (χ2n) is 4.90. The van der Waals surface area contributed by atoms with Crippen molar-refractivity contribution in [3.05, 3.63) is 35.4 Å². The SMILES string of the molecule is CC1c2ccccc2C(=O)CC1(C)C. The van der Waals surface area contributed by atoms with E-state index in [1.807, 2.05) is 18.2 Å². The summed E-state index contributed by atoms with van der Waals surface area (Å²) in [6, 6.07) is 7.99. The first-order valence-corrected chi connectivity index (χ1v) is 5.14. The molecule has 1 unspecified atom stereocenters. The number of hydrogen-bond acceptors (Lipinski definition) is 1. The van der Waals surface area contributed by atoms with Crippen molar-refractivity contribution in [2.24, 2.45) is 5.41 Å². The topological polar surface area (TPSA) is 17.1 Å². The lowest BCUT2D eigenvalue weighted by Gasteiger charge is -2.37. The van der Waals surface area contributed by atoms with E-state index >= 15 is 0 Å². The monoisotopic (exact) mass is 188 g/mol. The molecule has 1 aromatic carbocycles. The second-order valence-corrected chi connectivity index (χ2v) is 4.90. The molecule has 1 atom stereocenters. The van der Waals surface area contributed by atoms with Gasteiger partial charge in [-0.1, -0.05) is 45.0 Å². The minimum Gasteiger partial charge on any atom is -0.294 e. The highest BCUT2D eigenvalue weighted by molar-refractivity contribution is 5.99. The summed E-state index contributed by atoms with van der Waals surface area (Å²) >= 11 is 0. The van der Waals surface area contributed by atoms with Crippen LogP contribution in [0.25, 0.3) is 0 Å². The van der Waals surface area contributed by atoms with Crippen LogP contribution in [-0.2, 0) is 0 Å². The minimum absolute atomic E-state index is 0.103. The summed E-state index contributed by atoms with van der Waals surface area (Å²) in [5.41, 5.74) is 2.25. The highest BCUT2D eigenvalue weighted by Gasteiger charge is 2.36. The Hall–Kier alpha value is -1.11. The van der Waals surface area contributed by atoms with Gasteiger partial charge in [-0.3, -0.25) is 4.79 Å². The third-order valence-corrected chi connectivity index (χ3v) is 3.52. The number of carbonyl (C=O) groups is 1. The molecule has 0 spiro atoms. The lowest BCUT2D eigenvalue weighted by molar-refractivity contribution is 0.0890. The average Bonchev–Trinajstić information content (AvgIpc) is 2.14. The van der Waals surface area contributed by atoms with Crippen LogP contribution in [0.4, 0.5) is 0 Å². The van der Waals surface area contributed by atoms with Crippen LogP contribution in [-0.4, -0.2) is 5.78 Å². The minimum atomic E-state index is 0.103. The molecular weight excluding hydrogens is 172 g/mol. The zero-order valence-electron chi connectivity index (χ0n) is 9.00. The molecule has 1 nitrogen and oxygen atoms in total. The lowest BCUT2D eigenvalue weighted by Crippen LogP contribution is -2.30. The van der Waals surface area contributed by atoms with Crippen LogP contribution in [0.2, 0.25) is 0 Å². The van der Waals surface area contributed by atoms with Crippen LogP contribution in [0.3, 0.4) is 0 Å². The third kappa shape index (κ3) is 1.28. The molecule has 0 heterocycles. The highest BCUT2D eigenvalue weighted by atomic mass is 16.1. The van der Waals surface area contributed by atoms with E-state index in [0.717, 1.165) is 5.56 Å². The van der Waals surface area contributed by atoms with Gasteiger partial charge in [0.2, 0.25) is 0 Å². The second kappa shape index (κ2) is 2.94. The molecule has 1 aromatic rings. The summed E-state index contributed by atoms with van der Waals surface area (Å²) in [6.45, 7) is 6.56. The van der Waals surface area contributed by atoms with Crippen LogP contribution in [0.5, 0.6) is 0 Å². The molecule has 1 aliphatic carbocycles. The van der Waals surface area contributed by atoms with Gasteiger partial charge in [0.15, 0.2) is 5.78 Å². The van der Waals surface area contributed by atoms with Crippen LogP contribution in [0.15, 0.2) is 24.3 Å². The quantitative estimate of drug-likeness (QED) is 0.609. The maximum absolute atomic E-state index is 11.8. The van der Waals surface area contributed by atoms with Crippen molar-refractivity contribution >= 4 is 5.78 Å². The smallest absolute Gasteiger partial charge is 0.163 e. The molecule has 0 aromatic heterocycles. The molecule has 0 saturated carbocycles. The van der Waals surface area contributed by atoms with E-state index in [0.29, 0.717) is 18.1 Å². The Kier molecular flexibility index (Phi) is 1.99. The Morgan fingerprint density at radius 3 is 2.64 bits per heavy atom. The first-order valence-electron chi connectivity index (χ1n) is 5.14. The van der Waals surface area contributed by atoms with Gasteiger partial charge in [0.1, 0.15) is 0 Å². The fraction of sp³-hybridized carbons (Fsp3) is 0.462. The zero-order valence-corrected chi connectivity index (χ0v) is 9.00. The Balaban J connectivity index is 2.57. The molecule has 0 radical (unpaired) electrons. The summed E-state index contributed by atoms with van der Waals surface area (Å²) in [5.74, 6) is 0.764. The van der Waals surface area contributed by atoms with Gasteiger partial charge in [0, 0.05) is 12.0 Å². The summed E-state index contributed by atoms with van der Waals surface area (Å²) in [6.07, 6.45) is 0.672. The number of rotatable bonds is 0. The van der Waals surface area contributed by atoms with Crippen molar-refractivity contribution in [1.29, 1.82) is 0 Å². The van der Waals surface area contributed by atoms with Crippen LogP contribution in [0, 0.1) is 5.41 Å². The normalized spacial score (nSPS) is 24.5. The van der Waals surface area contributed by atoms with Crippen molar-refractivity contribution in [2.45, 2.75) is 33.1 Å². The Labute approximate surface area is 85.1 Å². The first kappa shape index (κ1) is 9.45. The summed E-state index contributed by atoms with van der Waals surface area (Å²) in [7, 11) is 0. The maximum atomic E-state index is 11.8. The van der Waals surface area contributed by atoms with E-state index in [2.05, 4.69) is 26.8 Å². The predicted molar refractivity (Wildman–Crippen MR) is 57.6 cm³/mol. The first-order chi connectivity index (χ1) is 6.52. The van der Waals surface area contributed by atoms with Crippen molar-refractivity contribution in [2.75, 3.05) is 0 Å². The summed E-state index contributed by atoms with van der Waals surface area (Å²) in [5, 5.41) is 0. The van der Waals surface area contributed by atoms with Gasteiger partial charge in [0.25, 0.3) is 0 Å². The molecule has 1 aliphatic rings. The van der Waals surface area contributed by atoms with Gasteiger partial charge in [0.05, 0.1) is 0 Å². The molecule has 74 valence electrons. The lowest BCUT2D eigenvalue weighted by atomic mass is 9.67. The molecule has 2 rings (SSSR count). The van der Waals surface area contributed by atoms with Crippen molar-refractivity contribution < 1.29 is 4.79 Å². The van der Waals surface area contributed by atoms with E-state index in [4.69, 9.17) is 0 Å². The molecule has 0 aliphatic heterocycles. The van der Waals surface area contributed by atoms with Crippen LogP contribution >= 0.6 is 0 Å². The Morgan fingerprint density at radius 2 is 1.93 bits per heavy atom. The van der Waals surface area contributed by atoms with Gasteiger partial charge in [-0.15, -0.1) is 0 Å². The Bertz CT molecular complexity index is 377. The van der Waals surface area contributed by atoms with E-state index in [-0.39, 0.29) is 5.41 Å². The van der Waals surface area contributed by atoms with E-state index in [9.17, 15) is 4.79 Å². The predicted octanol–water partition coefficient (Wildman–Crippen LogP) is 3.40. The molecule has 0 amide bonds. The maximum Gasteiger partial charge on any atom is 0.163 e. The number of benzene rings is 1. The van der Waals surface area contributed by atoms with E-state index in [1.54, 1.807) is 0 Å². The molecule has 0 saturated heterocycles. The Morgan fingerprint density at radius 1 is 1.29 bits per heavy atom. The number of ketones is 1. The van der Waals surface area contributed by atoms with Crippen molar-refractivity contribution in [1.82, 2.24) is 0 Å². The van der Waals surface area contributed by atoms with Crippen LogP contribution < -0.4 is 0 Å². The van der Waals surface area contributed by atoms with Gasteiger partial charge in [-0.2, -0.15) is 0 Å². The van der Waals surface area contributed by atoms with Gasteiger partial charge < -0.3 is 0 Å². The summed E-state index contributed by atoms with van der Waals surface area (Å²) < 4.78 is 0. The van der Waals surface area contributed by atoms with Gasteiger partial charge in [-0.25, -0.2) is 0 Å². The number of fused-ring (bicyclic) bond motifs is 1. The number of hydrogen-bond donors (Lipinski definition) is 0. The van der Waals surface area contributed by atoms with E-state index < -0.39 is 0 Å². The average molecular weight is 188 g/mol. The third-order valence-electron chi connectivity index (χ3n) is 3.52. The molecule has 1 heteroatoms.